The molecule has 1 unspecified atom stereocenters. The molecule has 1 aromatic heterocycles. The topological polar surface area (TPSA) is 24.9 Å². The molecule has 1 aromatic rings. The van der Waals surface area contributed by atoms with Crippen molar-refractivity contribution in [3.8, 4) is 0 Å². The minimum absolute atomic E-state index is 0.579. The predicted octanol–water partition coefficient (Wildman–Crippen LogP) is 2.67. The van der Waals surface area contributed by atoms with Gasteiger partial charge in [-0.15, -0.1) is 0 Å². The normalized spacial score (nSPS) is 12.8. The smallest absolute Gasteiger partial charge is 0.0621 e. The van der Waals surface area contributed by atoms with E-state index in [9.17, 15) is 0 Å². The summed E-state index contributed by atoms with van der Waals surface area (Å²) in [5.41, 5.74) is 1.20. The first kappa shape index (κ1) is 11.5. The van der Waals surface area contributed by atoms with Crippen molar-refractivity contribution in [3.63, 3.8) is 0 Å². The Bertz CT molecular complexity index is 276. The highest BCUT2D eigenvalue weighted by molar-refractivity contribution is 6.31. The van der Waals surface area contributed by atoms with Gasteiger partial charge in [-0.2, -0.15) is 0 Å². The Morgan fingerprint density at radius 3 is 3.00 bits per heavy atom. The Labute approximate surface area is 90.7 Å². The molecular weight excluding hydrogens is 196 g/mol. The van der Waals surface area contributed by atoms with Crippen molar-refractivity contribution >= 4 is 11.6 Å². The van der Waals surface area contributed by atoms with Gasteiger partial charge in [0.25, 0.3) is 0 Å². The number of nitrogens with one attached hydrogen (secondary N) is 1. The zero-order chi connectivity index (χ0) is 10.4. The summed E-state index contributed by atoms with van der Waals surface area (Å²) in [6.45, 7) is 2.19. The molecule has 0 aliphatic heterocycles. The summed E-state index contributed by atoms with van der Waals surface area (Å²) in [6.07, 6.45) is 6.87. The quantitative estimate of drug-likeness (QED) is 0.812. The molecule has 3 heteroatoms. The largest absolute Gasteiger partial charge is 0.317 e. The second-order valence-electron chi connectivity index (χ2n) is 3.55. The fraction of sp³-hybridized carbons (Fsp3) is 0.545. The Hall–Kier alpha value is -0.600. The Balaban J connectivity index is 2.35. The number of halogens is 1. The Morgan fingerprint density at radius 1 is 1.57 bits per heavy atom. The molecule has 2 nitrogen and oxygen atoms in total. The molecule has 1 atom stereocenters. The van der Waals surface area contributed by atoms with Crippen LogP contribution in [0.2, 0.25) is 5.02 Å². The number of aromatic nitrogens is 1. The van der Waals surface area contributed by atoms with E-state index >= 15 is 0 Å². The SMILES string of the molecule is CNC(C)CCCc1ccncc1Cl. The summed E-state index contributed by atoms with van der Waals surface area (Å²) in [5, 5.41) is 4.00. The summed E-state index contributed by atoms with van der Waals surface area (Å²) < 4.78 is 0. The molecule has 1 heterocycles. The first-order chi connectivity index (χ1) is 6.74. The van der Waals surface area contributed by atoms with Gasteiger partial charge in [0.05, 0.1) is 5.02 Å². The zero-order valence-corrected chi connectivity index (χ0v) is 9.51. The molecule has 0 aliphatic carbocycles. The van der Waals surface area contributed by atoms with Crippen LogP contribution in [0.5, 0.6) is 0 Å². The standard InChI is InChI=1S/C11H17ClN2/c1-9(13-2)4-3-5-10-6-7-14-8-11(10)12/h6-9,13H,3-5H2,1-2H3. The van der Waals surface area contributed by atoms with Crippen LogP contribution in [0.3, 0.4) is 0 Å². The van der Waals surface area contributed by atoms with Crippen molar-refractivity contribution in [2.75, 3.05) is 7.05 Å². The van der Waals surface area contributed by atoms with Gasteiger partial charge in [0.1, 0.15) is 0 Å². The van der Waals surface area contributed by atoms with E-state index in [1.807, 2.05) is 13.1 Å². The number of hydrogen-bond donors (Lipinski definition) is 1. The van der Waals surface area contributed by atoms with E-state index in [1.165, 1.54) is 12.0 Å². The van der Waals surface area contributed by atoms with Crippen molar-refractivity contribution in [1.29, 1.82) is 0 Å². The third-order valence-corrected chi connectivity index (χ3v) is 2.77. The van der Waals surface area contributed by atoms with Gasteiger partial charge in [0.15, 0.2) is 0 Å². The lowest BCUT2D eigenvalue weighted by Gasteiger charge is -2.09. The maximum absolute atomic E-state index is 6.00. The molecule has 0 aliphatic rings. The van der Waals surface area contributed by atoms with Crippen LogP contribution in [-0.2, 0) is 6.42 Å². The maximum atomic E-state index is 6.00. The summed E-state index contributed by atoms with van der Waals surface area (Å²) in [4.78, 5) is 3.96. The molecule has 1 N–H and O–H groups in total. The number of nitrogens with zero attached hydrogens (tertiary/aromatic N) is 1. The monoisotopic (exact) mass is 212 g/mol. The van der Waals surface area contributed by atoms with Gasteiger partial charge in [-0.3, -0.25) is 4.98 Å². The summed E-state index contributed by atoms with van der Waals surface area (Å²) in [6, 6.07) is 2.57. The van der Waals surface area contributed by atoms with Gasteiger partial charge in [-0.1, -0.05) is 11.6 Å². The molecule has 0 aromatic carbocycles. The molecule has 0 amide bonds. The minimum Gasteiger partial charge on any atom is -0.317 e. The second-order valence-corrected chi connectivity index (χ2v) is 3.96. The van der Waals surface area contributed by atoms with Crippen LogP contribution in [-0.4, -0.2) is 18.1 Å². The van der Waals surface area contributed by atoms with Gasteiger partial charge in [-0.05, 0) is 44.9 Å². The third kappa shape index (κ3) is 3.64. The fourth-order valence-electron chi connectivity index (χ4n) is 1.35. The Morgan fingerprint density at radius 2 is 2.36 bits per heavy atom. The summed E-state index contributed by atoms with van der Waals surface area (Å²) in [5.74, 6) is 0. The van der Waals surface area contributed by atoms with Crippen LogP contribution in [0.25, 0.3) is 0 Å². The highest BCUT2D eigenvalue weighted by atomic mass is 35.5. The average molecular weight is 213 g/mol. The molecule has 14 heavy (non-hydrogen) atoms. The maximum Gasteiger partial charge on any atom is 0.0621 e. The zero-order valence-electron chi connectivity index (χ0n) is 8.76. The van der Waals surface area contributed by atoms with Crippen LogP contribution >= 0.6 is 11.6 Å². The van der Waals surface area contributed by atoms with E-state index in [4.69, 9.17) is 11.6 Å². The number of pyridine rings is 1. The van der Waals surface area contributed by atoms with Crippen LogP contribution in [0.15, 0.2) is 18.5 Å². The van der Waals surface area contributed by atoms with Crippen molar-refractivity contribution in [1.82, 2.24) is 10.3 Å². The van der Waals surface area contributed by atoms with Gasteiger partial charge >= 0.3 is 0 Å². The van der Waals surface area contributed by atoms with Gasteiger partial charge in [0, 0.05) is 18.4 Å². The average Bonchev–Trinajstić information content (AvgIpc) is 2.20. The molecule has 0 saturated carbocycles. The molecule has 78 valence electrons. The van der Waals surface area contributed by atoms with E-state index in [-0.39, 0.29) is 0 Å². The molecular formula is C11H17ClN2. The van der Waals surface area contributed by atoms with E-state index in [1.54, 1.807) is 12.4 Å². The van der Waals surface area contributed by atoms with Crippen molar-refractivity contribution < 1.29 is 0 Å². The number of rotatable bonds is 5. The van der Waals surface area contributed by atoms with E-state index < -0.39 is 0 Å². The predicted molar refractivity (Wildman–Crippen MR) is 60.7 cm³/mol. The van der Waals surface area contributed by atoms with E-state index in [0.29, 0.717) is 6.04 Å². The lowest BCUT2D eigenvalue weighted by atomic mass is 10.1. The third-order valence-electron chi connectivity index (χ3n) is 2.43. The molecule has 0 fully saturated rings. The molecule has 0 spiro atoms. The van der Waals surface area contributed by atoms with E-state index in [0.717, 1.165) is 17.9 Å². The van der Waals surface area contributed by atoms with Gasteiger partial charge < -0.3 is 5.32 Å². The van der Waals surface area contributed by atoms with Crippen molar-refractivity contribution in [2.45, 2.75) is 32.2 Å². The molecule has 0 bridgehead atoms. The molecule has 1 rings (SSSR count). The lowest BCUT2D eigenvalue weighted by molar-refractivity contribution is 0.542. The summed E-state index contributed by atoms with van der Waals surface area (Å²) >= 11 is 6.00. The van der Waals surface area contributed by atoms with Crippen LogP contribution in [0.4, 0.5) is 0 Å². The first-order valence-electron chi connectivity index (χ1n) is 4.99. The number of aryl methyl sites for hydroxylation is 1. The fourth-order valence-corrected chi connectivity index (χ4v) is 1.56. The second kappa shape index (κ2) is 5.99. The first-order valence-corrected chi connectivity index (χ1v) is 5.37. The number of hydrogen-bond acceptors (Lipinski definition) is 2. The van der Waals surface area contributed by atoms with Gasteiger partial charge in [-0.25, -0.2) is 0 Å². The minimum atomic E-state index is 0.579. The molecule has 0 radical (unpaired) electrons. The van der Waals surface area contributed by atoms with E-state index in [2.05, 4.69) is 17.2 Å². The van der Waals surface area contributed by atoms with Crippen molar-refractivity contribution in [3.05, 3.63) is 29.0 Å². The highest BCUT2D eigenvalue weighted by Crippen LogP contribution is 2.16. The van der Waals surface area contributed by atoms with Gasteiger partial charge in [0.2, 0.25) is 0 Å². The van der Waals surface area contributed by atoms with Crippen molar-refractivity contribution in [2.24, 2.45) is 0 Å². The van der Waals surface area contributed by atoms with Crippen LogP contribution < -0.4 is 5.32 Å². The summed E-state index contributed by atoms with van der Waals surface area (Å²) in [7, 11) is 1.99. The molecule has 0 saturated heterocycles. The Kier molecular flexibility index (Phi) is 4.91. The highest BCUT2D eigenvalue weighted by Gasteiger charge is 2.01. The lowest BCUT2D eigenvalue weighted by Crippen LogP contribution is -2.20. The van der Waals surface area contributed by atoms with Crippen LogP contribution in [0.1, 0.15) is 25.3 Å². The van der Waals surface area contributed by atoms with Crippen LogP contribution in [0, 0.1) is 0 Å².